The first kappa shape index (κ1) is 14.4. The number of aliphatic imine (C=N–C) groups is 1. The molecule has 0 atom stereocenters. The van der Waals surface area contributed by atoms with Crippen molar-refractivity contribution in [1.29, 1.82) is 0 Å². The number of nitrogens with zero attached hydrogens (tertiary/aromatic N) is 1. The number of guanidine groups is 1. The van der Waals surface area contributed by atoms with Gasteiger partial charge in [-0.3, -0.25) is 4.99 Å². The van der Waals surface area contributed by atoms with E-state index in [4.69, 9.17) is 10.5 Å². The Bertz CT molecular complexity index is 402. The molecule has 4 nitrogen and oxygen atoms in total. The van der Waals surface area contributed by atoms with Crippen LogP contribution in [-0.2, 0) is 6.42 Å². The summed E-state index contributed by atoms with van der Waals surface area (Å²) < 4.78 is 5.33. The van der Waals surface area contributed by atoms with Gasteiger partial charge in [0, 0.05) is 13.1 Å². The maximum atomic E-state index is 5.73. The molecule has 0 aromatic heterocycles. The molecule has 0 aliphatic rings. The zero-order valence-corrected chi connectivity index (χ0v) is 11.5. The van der Waals surface area contributed by atoms with E-state index in [0.29, 0.717) is 5.96 Å². The predicted octanol–water partition coefficient (Wildman–Crippen LogP) is 1.86. The minimum Gasteiger partial charge on any atom is -0.496 e. The van der Waals surface area contributed by atoms with Crippen molar-refractivity contribution in [2.75, 3.05) is 20.2 Å². The molecular formula is C14H23N3O. The number of methoxy groups -OCH3 is 1. The van der Waals surface area contributed by atoms with Crippen LogP contribution in [0.15, 0.2) is 23.2 Å². The molecule has 0 amide bonds. The second-order valence-corrected chi connectivity index (χ2v) is 4.26. The SMILES string of the molecule is CCCN=C(N)NCCc1cc(C)ccc1OC. The summed E-state index contributed by atoms with van der Waals surface area (Å²) in [6, 6.07) is 6.19. The Morgan fingerprint density at radius 1 is 1.44 bits per heavy atom. The standard InChI is InChI=1S/C14H23N3O/c1-4-8-16-14(15)17-9-7-12-10-11(2)5-6-13(12)18-3/h5-6,10H,4,7-9H2,1-3H3,(H3,15,16,17). The Hall–Kier alpha value is -1.71. The Balaban J connectivity index is 2.50. The van der Waals surface area contributed by atoms with Gasteiger partial charge < -0.3 is 15.8 Å². The van der Waals surface area contributed by atoms with E-state index in [1.165, 1.54) is 11.1 Å². The van der Waals surface area contributed by atoms with Crippen LogP contribution in [0.3, 0.4) is 0 Å². The minimum absolute atomic E-state index is 0.517. The molecule has 0 spiro atoms. The highest BCUT2D eigenvalue weighted by Gasteiger charge is 2.03. The normalized spacial score (nSPS) is 11.4. The smallest absolute Gasteiger partial charge is 0.188 e. The van der Waals surface area contributed by atoms with E-state index in [1.54, 1.807) is 7.11 Å². The molecule has 0 aliphatic heterocycles. The van der Waals surface area contributed by atoms with Gasteiger partial charge >= 0.3 is 0 Å². The van der Waals surface area contributed by atoms with Crippen molar-refractivity contribution in [1.82, 2.24) is 5.32 Å². The van der Waals surface area contributed by atoms with Crippen LogP contribution in [0, 0.1) is 6.92 Å². The third kappa shape index (κ3) is 4.65. The molecule has 0 bridgehead atoms. The van der Waals surface area contributed by atoms with Gasteiger partial charge in [0.15, 0.2) is 5.96 Å². The number of hydrogen-bond donors (Lipinski definition) is 2. The maximum Gasteiger partial charge on any atom is 0.188 e. The van der Waals surface area contributed by atoms with Crippen molar-refractivity contribution in [3.8, 4) is 5.75 Å². The Morgan fingerprint density at radius 3 is 2.89 bits per heavy atom. The average Bonchev–Trinajstić information content (AvgIpc) is 2.36. The van der Waals surface area contributed by atoms with Crippen molar-refractivity contribution >= 4 is 5.96 Å². The largest absolute Gasteiger partial charge is 0.496 e. The monoisotopic (exact) mass is 249 g/mol. The third-order valence-electron chi connectivity index (χ3n) is 2.64. The van der Waals surface area contributed by atoms with Gasteiger partial charge in [0.25, 0.3) is 0 Å². The van der Waals surface area contributed by atoms with Gasteiger partial charge in [0.05, 0.1) is 7.11 Å². The van der Waals surface area contributed by atoms with Gasteiger partial charge in [-0.05, 0) is 31.4 Å². The quantitative estimate of drug-likeness (QED) is 0.597. The van der Waals surface area contributed by atoms with E-state index in [2.05, 4.69) is 30.2 Å². The Labute approximate surface area is 109 Å². The zero-order chi connectivity index (χ0) is 13.4. The highest BCUT2D eigenvalue weighted by atomic mass is 16.5. The number of benzene rings is 1. The van der Waals surface area contributed by atoms with Gasteiger partial charge in [-0.25, -0.2) is 0 Å². The summed E-state index contributed by atoms with van der Waals surface area (Å²) in [5.74, 6) is 1.44. The lowest BCUT2D eigenvalue weighted by atomic mass is 10.1. The molecule has 0 aliphatic carbocycles. The first-order chi connectivity index (χ1) is 8.67. The molecule has 0 heterocycles. The molecule has 3 N–H and O–H groups in total. The van der Waals surface area contributed by atoms with E-state index in [1.807, 2.05) is 12.1 Å². The summed E-state index contributed by atoms with van der Waals surface area (Å²) in [5.41, 5.74) is 8.15. The fraction of sp³-hybridized carbons (Fsp3) is 0.500. The number of ether oxygens (including phenoxy) is 1. The van der Waals surface area contributed by atoms with Crippen LogP contribution >= 0.6 is 0 Å². The lowest BCUT2D eigenvalue weighted by Crippen LogP contribution is -2.33. The van der Waals surface area contributed by atoms with E-state index in [0.717, 1.165) is 31.7 Å². The number of hydrogen-bond acceptors (Lipinski definition) is 2. The predicted molar refractivity (Wildman–Crippen MR) is 76.2 cm³/mol. The second kappa shape index (κ2) is 7.58. The van der Waals surface area contributed by atoms with Crippen molar-refractivity contribution < 1.29 is 4.74 Å². The zero-order valence-electron chi connectivity index (χ0n) is 11.5. The van der Waals surface area contributed by atoms with Gasteiger partial charge in [-0.2, -0.15) is 0 Å². The van der Waals surface area contributed by atoms with Crippen molar-refractivity contribution in [3.63, 3.8) is 0 Å². The van der Waals surface area contributed by atoms with Crippen LogP contribution in [0.4, 0.5) is 0 Å². The molecule has 0 saturated carbocycles. The van der Waals surface area contributed by atoms with Crippen LogP contribution in [0.25, 0.3) is 0 Å². The van der Waals surface area contributed by atoms with Crippen molar-refractivity contribution in [2.24, 2.45) is 10.7 Å². The van der Waals surface area contributed by atoms with E-state index >= 15 is 0 Å². The summed E-state index contributed by atoms with van der Waals surface area (Å²) in [4.78, 5) is 4.19. The molecule has 1 rings (SSSR count). The summed E-state index contributed by atoms with van der Waals surface area (Å²) in [7, 11) is 1.69. The Kier molecular flexibility index (Phi) is 6.05. The van der Waals surface area contributed by atoms with Crippen LogP contribution in [-0.4, -0.2) is 26.2 Å². The molecule has 0 saturated heterocycles. The second-order valence-electron chi connectivity index (χ2n) is 4.26. The molecule has 0 radical (unpaired) electrons. The summed E-state index contributed by atoms with van der Waals surface area (Å²) in [6.07, 6.45) is 1.88. The van der Waals surface area contributed by atoms with E-state index < -0.39 is 0 Å². The first-order valence-corrected chi connectivity index (χ1v) is 6.34. The molecule has 0 fully saturated rings. The van der Waals surface area contributed by atoms with Crippen LogP contribution in [0.5, 0.6) is 5.75 Å². The Morgan fingerprint density at radius 2 is 2.22 bits per heavy atom. The van der Waals surface area contributed by atoms with Gasteiger partial charge in [0.1, 0.15) is 5.75 Å². The average molecular weight is 249 g/mol. The van der Waals surface area contributed by atoms with Crippen LogP contribution < -0.4 is 15.8 Å². The minimum atomic E-state index is 0.517. The molecule has 4 heteroatoms. The summed E-state index contributed by atoms with van der Waals surface area (Å²) in [6.45, 7) is 5.69. The lowest BCUT2D eigenvalue weighted by Gasteiger charge is -2.10. The molecule has 1 aromatic rings. The molecule has 0 unspecified atom stereocenters. The fourth-order valence-electron chi connectivity index (χ4n) is 1.72. The highest BCUT2D eigenvalue weighted by Crippen LogP contribution is 2.19. The van der Waals surface area contributed by atoms with Crippen LogP contribution in [0.1, 0.15) is 24.5 Å². The van der Waals surface area contributed by atoms with Gasteiger partial charge in [0.2, 0.25) is 0 Å². The summed E-state index contributed by atoms with van der Waals surface area (Å²) in [5, 5.41) is 3.11. The number of aryl methyl sites for hydroxylation is 1. The van der Waals surface area contributed by atoms with E-state index in [9.17, 15) is 0 Å². The number of nitrogens with one attached hydrogen (secondary N) is 1. The van der Waals surface area contributed by atoms with E-state index in [-0.39, 0.29) is 0 Å². The first-order valence-electron chi connectivity index (χ1n) is 6.34. The van der Waals surface area contributed by atoms with Gasteiger partial charge in [-0.1, -0.05) is 24.6 Å². The number of rotatable bonds is 6. The highest BCUT2D eigenvalue weighted by molar-refractivity contribution is 5.77. The molecule has 1 aromatic carbocycles. The number of nitrogens with two attached hydrogens (primary N) is 1. The third-order valence-corrected chi connectivity index (χ3v) is 2.64. The van der Waals surface area contributed by atoms with Crippen molar-refractivity contribution in [3.05, 3.63) is 29.3 Å². The van der Waals surface area contributed by atoms with Gasteiger partial charge in [-0.15, -0.1) is 0 Å². The fourth-order valence-corrected chi connectivity index (χ4v) is 1.72. The molecule has 18 heavy (non-hydrogen) atoms. The van der Waals surface area contributed by atoms with Crippen molar-refractivity contribution in [2.45, 2.75) is 26.7 Å². The maximum absolute atomic E-state index is 5.73. The molecule has 100 valence electrons. The molecular weight excluding hydrogens is 226 g/mol. The summed E-state index contributed by atoms with van der Waals surface area (Å²) >= 11 is 0. The topological polar surface area (TPSA) is 59.6 Å². The van der Waals surface area contributed by atoms with Crippen LogP contribution in [0.2, 0.25) is 0 Å². The lowest BCUT2D eigenvalue weighted by molar-refractivity contribution is 0.409.